The molecule has 10 heteroatoms. The fourth-order valence-electron chi connectivity index (χ4n) is 3.84. The minimum Gasteiger partial charge on any atom is -0.477 e. The topological polar surface area (TPSA) is 96.0 Å². The minimum absolute atomic E-state index is 0.0286. The van der Waals surface area contributed by atoms with Crippen LogP contribution < -0.4 is 15.0 Å². The van der Waals surface area contributed by atoms with E-state index < -0.39 is 28.6 Å². The molecule has 188 valence electrons. The number of nitrogens with zero attached hydrogens (tertiary/aromatic N) is 2. The van der Waals surface area contributed by atoms with E-state index in [9.17, 15) is 18.0 Å². The summed E-state index contributed by atoms with van der Waals surface area (Å²) >= 11 is 3.29. The Hall–Kier alpha value is -3.21. The van der Waals surface area contributed by atoms with Crippen molar-refractivity contribution in [2.45, 2.75) is 17.4 Å². The molecule has 0 saturated heterocycles. The van der Waals surface area contributed by atoms with E-state index >= 15 is 0 Å². The van der Waals surface area contributed by atoms with Crippen molar-refractivity contribution in [2.24, 2.45) is 0 Å². The number of rotatable bonds is 8. The van der Waals surface area contributed by atoms with Crippen molar-refractivity contribution in [1.82, 2.24) is 9.62 Å². The van der Waals surface area contributed by atoms with Gasteiger partial charge in [-0.05, 0) is 48.4 Å². The molecule has 0 fully saturated rings. The van der Waals surface area contributed by atoms with Crippen LogP contribution >= 0.6 is 15.9 Å². The van der Waals surface area contributed by atoms with E-state index in [1.54, 1.807) is 36.4 Å². The fraction of sp³-hybridized carbons (Fsp3) is 0.231. The highest BCUT2D eigenvalue weighted by Crippen LogP contribution is 2.33. The first-order valence-corrected chi connectivity index (χ1v) is 13.6. The Labute approximate surface area is 219 Å². The lowest BCUT2D eigenvalue weighted by molar-refractivity contribution is -0.128. The van der Waals surface area contributed by atoms with Gasteiger partial charge in [-0.1, -0.05) is 58.4 Å². The zero-order chi connectivity index (χ0) is 25.7. The van der Waals surface area contributed by atoms with Gasteiger partial charge in [-0.25, -0.2) is 8.42 Å². The Balaban J connectivity index is 1.45. The van der Waals surface area contributed by atoms with Crippen LogP contribution in [0.15, 0.2) is 88.2 Å². The summed E-state index contributed by atoms with van der Waals surface area (Å²) in [7, 11) is -2.52. The number of ether oxygens (including phenoxy) is 1. The van der Waals surface area contributed by atoms with Crippen molar-refractivity contribution in [3.63, 3.8) is 0 Å². The molecule has 1 aliphatic heterocycles. The fourth-order valence-corrected chi connectivity index (χ4v) is 5.23. The molecular weight excluding hydrogens is 546 g/mol. The molecule has 2 amide bonds. The minimum atomic E-state index is -3.88. The van der Waals surface area contributed by atoms with E-state index in [1.165, 1.54) is 24.1 Å². The van der Waals surface area contributed by atoms with Crippen LogP contribution in [-0.4, -0.2) is 57.3 Å². The average molecular weight is 572 g/mol. The van der Waals surface area contributed by atoms with Gasteiger partial charge >= 0.3 is 0 Å². The predicted octanol–water partition coefficient (Wildman–Crippen LogP) is 3.22. The number of amides is 2. The summed E-state index contributed by atoms with van der Waals surface area (Å²) in [6, 6.07) is 22.9. The van der Waals surface area contributed by atoms with Crippen LogP contribution in [-0.2, 0) is 26.0 Å². The first-order valence-electron chi connectivity index (χ1n) is 11.4. The van der Waals surface area contributed by atoms with Crippen molar-refractivity contribution >= 4 is 43.5 Å². The van der Waals surface area contributed by atoms with Crippen molar-refractivity contribution < 1.29 is 22.7 Å². The maximum absolute atomic E-state index is 13.3. The maximum atomic E-state index is 13.3. The summed E-state index contributed by atoms with van der Waals surface area (Å²) in [5.41, 5.74) is 1.59. The van der Waals surface area contributed by atoms with Gasteiger partial charge in [0.2, 0.25) is 15.9 Å². The highest BCUT2D eigenvalue weighted by Gasteiger charge is 2.35. The number of benzene rings is 3. The molecule has 0 aliphatic carbocycles. The molecule has 3 aromatic carbocycles. The second-order valence-corrected chi connectivity index (χ2v) is 11.3. The van der Waals surface area contributed by atoms with Crippen molar-refractivity contribution in [3.8, 4) is 5.75 Å². The first kappa shape index (κ1) is 25.9. The number of hydrogen-bond acceptors (Lipinski definition) is 5. The molecule has 1 atom stereocenters. The Kier molecular flexibility index (Phi) is 8.07. The lowest BCUT2D eigenvalue weighted by Crippen LogP contribution is -2.52. The Morgan fingerprint density at radius 2 is 1.69 bits per heavy atom. The van der Waals surface area contributed by atoms with Crippen LogP contribution in [0.2, 0.25) is 0 Å². The molecule has 0 saturated carbocycles. The lowest BCUT2D eigenvalue weighted by atomic mass is 10.1. The summed E-state index contributed by atoms with van der Waals surface area (Å²) in [5, 5.41) is 2.87. The van der Waals surface area contributed by atoms with Gasteiger partial charge in [0.15, 0.2) is 6.10 Å². The van der Waals surface area contributed by atoms with Crippen LogP contribution in [0.4, 0.5) is 5.69 Å². The van der Waals surface area contributed by atoms with Crippen LogP contribution in [0.1, 0.15) is 5.56 Å². The highest BCUT2D eigenvalue weighted by molar-refractivity contribution is 9.10. The van der Waals surface area contributed by atoms with E-state index in [0.29, 0.717) is 24.4 Å². The van der Waals surface area contributed by atoms with Gasteiger partial charge in [-0.3, -0.25) is 9.59 Å². The molecule has 0 radical (unpaired) electrons. The Morgan fingerprint density at radius 3 is 2.42 bits per heavy atom. The number of halogens is 1. The Bertz CT molecular complexity index is 1330. The molecule has 0 bridgehead atoms. The van der Waals surface area contributed by atoms with Gasteiger partial charge < -0.3 is 15.0 Å². The van der Waals surface area contributed by atoms with Gasteiger partial charge in [0, 0.05) is 18.1 Å². The summed E-state index contributed by atoms with van der Waals surface area (Å²) in [6.45, 7) is 0.000732. The zero-order valence-corrected chi connectivity index (χ0v) is 22.0. The first-order chi connectivity index (χ1) is 17.3. The number of likely N-dealkylation sites (N-methyl/N-ethyl adjacent to an activating group) is 1. The van der Waals surface area contributed by atoms with Crippen LogP contribution in [0.25, 0.3) is 0 Å². The van der Waals surface area contributed by atoms with Gasteiger partial charge in [0.1, 0.15) is 5.75 Å². The number of hydrogen-bond donors (Lipinski definition) is 1. The predicted molar refractivity (Wildman–Crippen MR) is 140 cm³/mol. The summed E-state index contributed by atoms with van der Waals surface area (Å²) < 4.78 is 33.6. The number of para-hydroxylation sites is 2. The third kappa shape index (κ3) is 5.95. The highest BCUT2D eigenvalue weighted by atomic mass is 79.9. The number of carbonyl (C=O) groups excluding carboxylic acids is 2. The third-order valence-corrected chi connectivity index (χ3v) is 8.15. The van der Waals surface area contributed by atoms with Gasteiger partial charge in [-0.2, -0.15) is 4.31 Å². The maximum Gasteiger partial charge on any atom is 0.262 e. The third-order valence-electron chi connectivity index (χ3n) is 5.80. The van der Waals surface area contributed by atoms with Crippen LogP contribution in [0.3, 0.4) is 0 Å². The number of sulfonamides is 1. The van der Waals surface area contributed by atoms with Gasteiger partial charge in [0.25, 0.3) is 5.91 Å². The van der Waals surface area contributed by atoms with E-state index in [-0.39, 0.29) is 17.3 Å². The average Bonchev–Trinajstić information content (AvgIpc) is 2.88. The van der Waals surface area contributed by atoms with E-state index in [2.05, 4.69) is 21.2 Å². The zero-order valence-electron chi connectivity index (χ0n) is 19.6. The van der Waals surface area contributed by atoms with Crippen molar-refractivity contribution in [1.29, 1.82) is 0 Å². The standard InChI is InChI=1S/C26H26BrN3O5S/c1-29(36(33,34)21-13-11-20(27)12-14-21)18-25(31)30-17-24(35-23-10-6-5-9-22(23)30)26(32)28-16-15-19-7-3-2-4-8-19/h2-14,24H,15-18H2,1H3,(H,28,32)/t24-/m0/s1. The van der Waals surface area contributed by atoms with Crippen LogP contribution in [0.5, 0.6) is 5.75 Å². The van der Waals surface area contributed by atoms with E-state index in [0.717, 1.165) is 14.3 Å². The quantitative estimate of drug-likeness (QED) is 0.448. The second-order valence-electron chi connectivity index (χ2n) is 8.32. The number of fused-ring (bicyclic) bond motifs is 1. The molecule has 1 N–H and O–H groups in total. The second kappa shape index (κ2) is 11.2. The molecule has 0 aromatic heterocycles. The number of anilines is 1. The molecule has 0 unspecified atom stereocenters. The normalized spacial score (nSPS) is 15.2. The molecule has 8 nitrogen and oxygen atoms in total. The van der Waals surface area contributed by atoms with Crippen molar-refractivity contribution in [2.75, 3.05) is 31.6 Å². The Morgan fingerprint density at radius 1 is 1.03 bits per heavy atom. The van der Waals surface area contributed by atoms with Gasteiger partial charge in [0.05, 0.1) is 23.7 Å². The molecule has 4 rings (SSSR count). The summed E-state index contributed by atoms with van der Waals surface area (Å²) in [4.78, 5) is 27.7. The van der Waals surface area contributed by atoms with E-state index in [4.69, 9.17) is 4.74 Å². The SMILES string of the molecule is CN(CC(=O)N1C[C@@H](C(=O)NCCc2ccccc2)Oc2ccccc21)S(=O)(=O)c1ccc(Br)cc1. The summed E-state index contributed by atoms with van der Waals surface area (Å²) in [6.07, 6.45) is -0.259. The lowest BCUT2D eigenvalue weighted by Gasteiger charge is -2.35. The molecule has 1 aliphatic rings. The van der Waals surface area contributed by atoms with Gasteiger partial charge in [-0.15, -0.1) is 0 Å². The monoisotopic (exact) mass is 571 g/mol. The molecule has 36 heavy (non-hydrogen) atoms. The summed E-state index contributed by atoms with van der Waals surface area (Å²) in [5.74, 6) is -0.413. The molecule has 0 spiro atoms. The molecule has 3 aromatic rings. The number of nitrogens with one attached hydrogen (secondary N) is 1. The molecular formula is C26H26BrN3O5S. The van der Waals surface area contributed by atoms with Crippen LogP contribution in [0, 0.1) is 0 Å². The largest absolute Gasteiger partial charge is 0.477 e. The van der Waals surface area contributed by atoms with E-state index in [1.807, 2.05) is 30.3 Å². The number of carbonyl (C=O) groups is 2. The smallest absolute Gasteiger partial charge is 0.262 e. The molecule has 1 heterocycles. The van der Waals surface area contributed by atoms with Crippen molar-refractivity contribution in [3.05, 3.63) is 88.9 Å².